The number of nitrogens with one attached hydrogen (secondary N) is 1. The van der Waals surface area contributed by atoms with Gasteiger partial charge in [0, 0.05) is 16.7 Å². The molecule has 5 rings (SSSR count). The van der Waals surface area contributed by atoms with Gasteiger partial charge in [-0.3, -0.25) is 5.01 Å². The molecule has 0 bridgehead atoms. The quantitative estimate of drug-likeness (QED) is 0.523. The van der Waals surface area contributed by atoms with Gasteiger partial charge in [-0.25, -0.2) is 9.37 Å². The molecule has 0 saturated heterocycles. The molecule has 0 saturated carbocycles. The second-order valence-electron chi connectivity index (χ2n) is 6.68. The Morgan fingerprint density at radius 3 is 2.79 bits per heavy atom. The van der Waals surface area contributed by atoms with Crippen molar-refractivity contribution in [2.45, 2.75) is 13.1 Å². The minimum Gasteiger partial charge on any atom is -0.359 e. The van der Waals surface area contributed by atoms with Crippen LogP contribution in [0.4, 0.5) is 4.39 Å². The van der Waals surface area contributed by atoms with Crippen LogP contribution in [0.2, 0.25) is 5.02 Å². The fourth-order valence-electron chi connectivity index (χ4n) is 3.21. The maximum Gasteiger partial charge on any atom is 0.158 e. The Kier molecular flexibility index (Phi) is 4.37. The van der Waals surface area contributed by atoms with Crippen molar-refractivity contribution in [1.29, 1.82) is 0 Å². The number of imidazole rings is 1. The van der Waals surface area contributed by atoms with Crippen LogP contribution in [-0.4, -0.2) is 26.3 Å². The van der Waals surface area contributed by atoms with Crippen molar-refractivity contribution in [2.24, 2.45) is 5.10 Å². The number of rotatable bonds is 4. The highest BCUT2D eigenvalue weighted by molar-refractivity contribution is 6.30. The first-order chi connectivity index (χ1) is 14.2. The number of hydrogen-bond donors (Lipinski definition) is 1. The van der Waals surface area contributed by atoms with Crippen molar-refractivity contribution in [2.75, 3.05) is 0 Å². The zero-order valence-electron chi connectivity index (χ0n) is 15.1. The third-order valence-electron chi connectivity index (χ3n) is 4.66. The fraction of sp³-hybridized carbons (Fsp3) is 0.0952. The van der Waals surface area contributed by atoms with Crippen molar-refractivity contribution in [1.82, 2.24) is 20.1 Å². The molecule has 2 aromatic carbocycles. The molecule has 29 heavy (non-hydrogen) atoms. The molecule has 0 fully saturated rings. The van der Waals surface area contributed by atoms with Gasteiger partial charge in [0.1, 0.15) is 23.0 Å². The van der Waals surface area contributed by atoms with E-state index in [2.05, 4.69) is 20.2 Å². The molecule has 0 spiro atoms. The predicted molar refractivity (Wildman–Crippen MR) is 108 cm³/mol. The van der Waals surface area contributed by atoms with E-state index in [9.17, 15) is 4.39 Å². The molecule has 1 aliphatic heterocycles. The summed E-state index contributed by atoms with van der Waals surface area (Å²) in [4.78, 5) is 7.66. The highest BCUT2D eigenvalue weighted by Gasteiger charge is 2.20. The van der Waals surface area contributed by atoms with Crippen molar-refractivity contribution in [3.05, 3.63) is 82.6 Å². The third kappa shape index (κ3) is 3.52. The lowest BCUT2D eigenvalue weighted by atomic mass is 10.1. The maximum atomic E-state index is 14.0. The Balaban J connectivity index is 1.32. The zero-order chi connectivity index (χ0) is 19.8. The molecule has 6 nitrogen and oxygen atoms in total. The van der Waals surface area contributed by atoms with Crippen LogP contribution in [0.15, 0.2) is 64.2 Å². The summed E-state index contributed by atoms with van der Waals surface area (Å²) in [6.07, 6.45) is 1.66. The van der Waals surface area contributed by atoms with E-state index in [1.54, 1.807) is 24.4 Å². The van der Waals surface area contributed by atoms with Gasteiger partial charge in [0.25, 0.3) is 0 Å². The van der Waals surface area contributed by atoms with E-state index in [-0.39, 0.29) is 5.82 Å². The van der Waals surface area contributed by atoms with E-state index in [1.165, 1.54) is 6.07 Å². The molecule has 0 radical (unpaired) electrons. The second-order valence-corrected chi connectivity index (χ2v) is 7.12. The molecule has 3 heterocycles. The van der Waals surface area contributed by atoms with Crippen LogP contribution in [0.1, 0.15) is 17.1 Å². The molecule has 0 atom stereocenters. The average Bonchev–Trinajstić information content (AvgIpc) is 3.35. The van der Waals surface area contributed by atoms with Crippen molar-refractivity contribution in [3.63, 3.8) is 0 Å². The number of benzene rings is 2. The summed E-state index contributed by atoms with van der Waals surface area (Å²) in [6, 6.07) is 15.8. The zero-order valence-corrected chi connectivity index (χ0v) is 15.9. The largest absolute Gasteiger partial charge is 0.359 e. The third-order valence-corrected chi connectivity index (χ3v) is 4.91. The van der Waals surface area contributed by atoms with Crippen LogP contribution in [0.25, 0.3) is 22.6 Å². The van der Waals surface area contributed by atoms with Gasteiger partial charge in [0.05, 0.1) is 30.6 Å². The predicted octanol–water partition coefficient (Wildman–Crippen LogP) is 4.87. The Morgan fingerprint density at radius 2 is 1.97 bits per heavy atom. The van der Waals surface area contributed by atoms with Gasteiger partial charge in [-0.05, 0) is 24.3 Å². The number of H-pyrrole nitrogens is 1. The first-order valence-electron chi connectivity index (χ1n) is 9.00. The summed E-state index contributed by atoms with van der Waals surface area (Å²) in [5, 5.41) is 11.0. The second kappa shape index (κ2) is 7.18. The normalized spacial score (nSPS) is 13.0. The highest BCUT2D eigenvalue weighted by atomic mass is 35.5. The topological polar surface area (TPSA) is 70.3 Å². The minimum absolute atomic E-state index is 0.316. The minimum atomic E-state index is -0.316. The standard InChI is InChI=1S/C21H15ClFN5O/c22-14-7-5-13(6-8-14)18-9-15(29-27-18)11-28-12-20-19(10-24-28)25-21(26-20)16-3-1-2-4-17(16)23/h1-10H,11-12H2,(H,25,26). The first kappa shape index (κ1) is 17.6. The van der Waals surface area contributed by atoms with Gasteiger partial charge in [-0.2, -0.15) is 5.10 Å². The van der Waals surface area contributed by atoms with Crippen LogP contribution in [0.5, 0.6) is 0 Å². The van der Waals surface area contributed by atoms with Crippen molar-refractivity contribution >= 4 is 17.8 Å². The number of aromatic amines is 1. The monoisotopic (exact) mass is 407 g/mol. The summed E-state index contributed by atoms with van der Waals surface area (Å²) in [5.74, 6) is 0.860. The van der Waals surface area contributed by atoms with E-state index >= 15 is 0 Å². The van der Waals surface area contributed by atoms with Crippen LogP contribution in [-0.2, 0) is 13.1 Å². The van der Waals surface area contributed by atoms with Crippen LogP contribution in [0, 0.1) is 5.82 Å². The Hall–Kier alpha value is -3.45. The Labute approximate surface area is 170 Å². The number of fused-ring (bicyclic) bond motifs is 1. The Bertz CT molecular complexity index is 1200. The summed E-state index contributed by atoms with van der Waals surface area (Å²) in [7, 11) is 0. The van der Waals surface area contributed by atoms with Gasteiger partial charge < -0.3 is 9.51 Å². The van der Waals surface area contributed by atoms with E-state index < -0.39 is 0 Å². The summed E-state index contributed by atoms with van der Waals surface area (Å²) in [5.41, 5.74) is 3.68. The van der Waals surface area contributed by atoms with Crippen LogP contribution < -0.4 is 0 Å². The SMILES string of the molecule is Fc1ccccc1-c1nc2c([nH]1)CN(Cc1cc(-c3ccc(Cl)cc3)no1)N=C2. The van der Waals surface area contributed by atoms with Gasteiger partial charge in [0.15, 0.2) is 5.76 Å². The molecule has 2 aromatic heterocycles. The molecule has 4 aromatic rings. The number of hydrazone groups is 1. The molecule has 0 unspecified atom stereocenters. The molecule has 0 amide bonds. The Morgan fingerprint density at radius 1 is 1.14 bits per heavy atom. The maximum absolute atomic E-state index is 14.0. The number of nitrogens with zero attached hydrogens (tertiary/aromatic N) is 4. The summed E-state index contributed by atoms with van der Waals surface area (Å²) >= 11 is 5.93. The van der Waals surface area contributed by atoms with E-state index in [4.69, 9.17) is 16.1 Å². The summed E-state index contributed by atoms with van der Waals surface area (Å²) < 4.78 is 19.5. The van der Waals surface area contributed by atoms with Gasteiger partial charge in [0.2, 0.25) is 0 Å². The first-order valence-corrected chi connectivity index (χ1v) is 9.38. The highest BCUT2D eigenvalue weighted by Crippen LogP contribution is 2.25. The molecule has 0 aliphatic carbocycles. The molecule has 144 valence electrons. The van der Waals surface area contributed by atoms with E-state index in [0.29, 0.717) is 41.0 Å². The van der Waals surface area contributed by atoms with Crippen molar-refractivity contribution in [3.8, 4) is 22.6 Å². The van der Waals surface area contributed by atoms with Crippen LogP contribution >= 0.6 is 11.6 Å². The van der Waals surface area contributed by atoms with Crippen LogP contribution in [0.3, 0.4) is 0 Å². The van der Waals surface area contributed by atoms with Gasteiger partial charge in [-0.15, -0.1) is 0 Å². The number of halogens is 2. The van der Waals surface area contributed by atoms with Crippen molar-refractivity contribution < 1.29 is 8.91 Å². The number of aromatic nitrogens is 3. The smallest absolute Gasteiger partial charge is 0.158 e. The molecule has 8 heteroatoms. The average molecular weight is 408 g/mol. The summed E-state index contributed by atoms with van der Waals surface area (Å²) in [6.45, 7) is 0.953. The number of hydrogen-bond acceptors (Lipinski definition) is 5. The van der Waals surface area contributed by atoms with Gasteiger partial charge >= 0.3 is 0 Å². The lowest BCUT2D eigenvalue weighted by Crippen LogP contribution is -2.21. The van der Waals surface area contributed by atoms with Gasteiger partial charge in [-0.1, -0.05) is 41.0 Å². The lowest BCUT2D eigenvalue weighted by molar-refractivity contribution is 0.229. The lowest BCUT2D eigenvalue weighted by Gasteiger charge is -2.19. The van der Waals surface area contributed by atoms with E-state index in [0.717, 1.165) is 17.0 Å². The molecule has 1 aliphatic rings. The molecule has 1 N–H and O–H groups in total. The fourth-order valence-corrected chi connectivity index (χ4v) is 3.34. The molecular formula is C21H15ClFN5O. The molecular weight excluding hydrogens is 393 g/mol. The van der Waals surface area contributed by atoms with E-state index in [1.807, 2.05) is 35.3 Å².